The summed E-state index contributed by atoms with van der Waals surface area (Å²) in [6, 6.07) is 8.55. The standard InChI is InChI=1S/C15H19N3OS/c1-2-20-12-8-6-11(7-9-12)14-17-15(19-18-14)13-5-3-4-10-16-13/h6-9,13,16H,2-5,10H2,1H3/t13-/m0/s1. The Labute approximate surface area is 123 Å². The Morgan fingerprint density at radius 2 is 2.15 bits per heavy atom. The molecule has 1 atom stereocenters. The van der Waals surface area contributed by atoms with E-state index in [9.17, 15) is 0 Å². The number of nitrogens with zero attached hydrogens (tertiary/aromatic N) is 2. The Kier molecular flexibility index (Phi) is 4.38. The van der Waals surface area contributed by atoms with E-state index in [0.717, 1.165) is 24.3 Å². The van der Waals surface area contributed by atoms with Crippen molar-refractivity contribution in [3.05, 3.63) is 30.2 Å². The van der Waals surface area contributed by atoms with Crippen LogP contribution in [0.2, 0.25) is 0 Å². The second-order valence-corrected chi connectivity index (χ2v) is 6.25. The van der Waals surface area contributed by atoms with Crippen molar-refractivity contribution in [1.29, 1.82) is 0 Å². The molecule has 0 spiro atoms. The minimum Gasteiger partial charge on any atom is -0.337 e. The molecule has 0 amide bonds. The fourth-order valence-electron chi connectivity index (χ4n) is 2.42. The predicted octanol–water partition coefficient (Wildman–Crippen LogP) is 3.66. The lowest BCUT2D eigenvalue weighted by Gasteiger charge is -2.19. The second kappa shape index (κ2) is 6.41. The number of thioether (sulfide) groups is 1. The number of nitrogens with one attached hydrogen (secondary N) is 1. The van der Waals surface area contributed by atoms with Gasteiger partial charge in [-0.1, -0.05) is 18.5 Å². The maximum atomic E-state index is 5.41. The Morgan fingerprint density at radius 1 is 1.30 bits per heavy atom. The third kappa shape index (κ3) is 3.04. The van der Waals surface area contributed by atoms with Gasteiger partial charge < -0.3 is 9.84 Å². The fourth-order valence-corrected chi connectivity index (χ4v) is 3.09. The van der Waals surface area contributed by atoms with Crippen LogP contribution in [-0.4, -0.2) is 22.4 Å². The smallest absolute Gasteiger partial charge is 0.244 e. The summed E-state index contributed by atoms with van der Waals surface area (Å²) in [6.07, 6.45) is 3.53. The maximum Gasteiger partial charge on any atom is 0.244 e. The minimum atomic E-state index is 0.222. The fraction of sp³-hybridized carbons (Fsp3) is 0.467. The number of aromatic nitrogens is 2. The molecule has 1 aromatic heterocycles. The van der Waals surface area contributed by atoms with Crippen LogP contribution in [0.3, 0.4) is 0 Å². The molecule has 1 fully saturated rings. The van der Waals surface area contributed by atoms with E-state index in [1.165, 1.54) is 17.7 Å². The van der Waals surface area contributed by atoms with E-state index in [0.29, 0.717) is 11.7 Å². The van der Waals surface area contributed by atoms with Crippen LogP contribution in [0.1, 0.15) is 38.1 Å². The first-order chi connectivity index (χ1) is 9.86. The largest absolute Gasteiger partial charge is 0.337 e. The van der Waals surface area contributed by atoms with Crippen molar-refractivity contribution in [2.45, 2.75) is 37.1 Å². The molecule has 0 unspecified atom stereocenters. The molecule has 4 nitrogen and oxygen atoms in total. The summed E-state index contributed by atoms with van der Waals surface area (Å²) >= 11 is 1.83. The van der Waals surface area contributed by atoms with E-state index in [-0.39, 0.29) is 6.04 Å². The number of benzene rings is 1. The summed E-state index contributed by atoms with van der Waals surface area (Å²) in [6.45, 7) is 3.19. The predicted molar refractivity (Wildman–Crippen MR) is 80.7 cm³/mol. The molecule has 0 radical (unpaired) electrons. The molecule has 20 heavy (non-hydrogen) atoms. The molecule has 2 heterocycles. The monoisotopic (exact) mass is 289 g/mol. The van der Waals surface area contributed by atoms with Crippen LogP contribution in [0, 0.1) is 0 Å². The molecule has 1 saturated heterocycles. The van der Waals surface area contributed by atoms with Crippen LogP contribution in [0.15, 0.2) is 33.7 Å². The topological polar surface area (TPSA) is 51.0 Å². The molecule has 1 N–H and O–H groups in total. The highest BCUT2D eigenvalue weighted by Crippen LogP contribution is 2.25. The summed E-state index contributed by atoms with van der Waals surface area (Å²) in [5.41, 5.74) is 1.01. The van der Waals surface area contributed by atoms with E-state index in [1.807, 2.05) is 11.8 Å². The van der Waals surface area contributed by atoms with Gasteiger partial charge in [0.05, 0.1) is 6.04 Å². The van der Waals surface area contributed by atoms with Crippen molar-refractivity contribution in [2.75, 3.05) is 12.3 Å². The summed E-state index contributed by atoms with van der Waals surface area (Å²) in [5.74, 6) is 2.48. The van der Waals surface area contributed by atoms with Crippen LogP contribution in [0.25, 0.3) is 11.4 Å². The van der Waals surface area contributed by atoms with Crippen molar-refractivity contribution in [2.24, 2.45) is 0 Å². The zero-order chi connectivity index (χ0) is 13.8. The molecule has 106 valence electrons. The van der Waals surface area contributed by atoms with Gasteiger partial charge >= 0.3 is 0 Å². The van der Waals surface area contributed by atoms with Crippen LogP contribution in [0.4, 0.5) is 0 Å². The second-order valence-electron chi connectivity index (χ2n) is 4.92. The molecule has 1 aliphatic heterocycles. The molecule has 0 saturated carbocycles. The molecular formula is C15H19N3OS. The van der Waals surface area contributed by atoms with Gasteiger partial charge in [0.25, 0.3) is 0 Å². The minimum absolute atomic E-state index is 0.222. The Balaban J connectivity index is 1.75. The van der Waals surface area contributed by atoms with Crippen LogP contribution in [0.5, 0.6) is 0 Å². The van der Waals surface area contributed by atoms with Gasteiger partial charge in [-0.3, -0.25) is 0 Å². The van der Waals surface area contributed by atoms with E-state index < -0.39 is 0 Å². The third-order valence-electron chi connectivity index (χ3n) is 3.47. The van der Waals surface area contributed by atoms with Crippen LogP contribution in [-0.2, 0) is 0 Å². The Morgan fingerprint density at radius 3 is 2.85 bits per heavy atom. The summed E-state index contributed by atoms with van der Waals surface area (Å²) in [7, 11) is 0. The Bertz CT molecular complexity index is 547. The first-order valence-electron chi connectivity index (χ1n) is 7.17. The van der Waals surface area contributed by atoms with Gasteiger partial charge in [-0.05, 0) is 49.4 Å². The Hall–Kier alpha value is -1.33. The van der Waals surface area contributed by atoms with Crippen LogP contribution >= 0.6 is 11.8 Å². The average Bonchev–Trinajstić information content (AvgIpc) is 2.99. The summed E-state index contributed by atoms with van der Waals surface area (Å²) in [4.78, 5) is 5.80. The SMILES string of the molecule is CCSc1ccc(-c2noc([C@@H]3CCCCN3)n2)cc1. The molecular weight excluding hydrogens is 270 g/mol. The lowest BCUT2D eigenvalue weighted by atomic mass is 10.1. The van der Waals surface area contributed by atoms with Gasteiger partial charge in [-0.15, -0.1) is 11.8 Å². The molecule has 1 aromatic carbocycles. The summed E-state index contributed by atoms with van der Waals surface area (Å²) < 4.78 is 5.41. The van der Waals surface area contributed by atoms with Crippen molar-refractivity contribution in [1.82, 2.24) is 15.5 Å². The number of hydrogen-bond donors (Lipinski definition) is 1. The van der Waals surface area contributed by atoms with Gasteiger partial charge in [0.1, 0.15) is 0 Å². The molecule has 2 aromatic rings. The van der Waals surface area contributed by atoms with Gasteiger partial charge in [0.2, 0.25) is 11.7 Å². The van der Waals surface area contributed by atoms with E-state index in [2.05, 4.69) is 46.6 Å². The quantitative estimate of drug-likeness (QED) is 0.870. The lowest BCUT2D eigenvalue weighted by Crippen LogP contribution is -2.26. The maximum absolute atomic E-state index is 5.41. The highest BCUT2D eigenvalue weighted by Gasteiger charge is 2.21. The highest BCUT2D eigenvalue weighted by atomic mass is 32.2. The van der Waals surface area contributed by atoms with Crippen molar-refractivity contribution >= 4 is 11.8 Å². The zero-order valence-electron chi connectivity index (χ0n) is 11.6. The zero-order valence-corrected chi connectivity index (χ0v) is 12.4. The highest BCUT2D eigenvalue weighted by molar-refractivity contribution is 7.99. The lowest BCUT2D eigenvalue weighted by molar-refractivity contribution is 0.297. The van der Waals surface area contributed by atoms with Gasteiger partial charge in [-0.2, -0.15) is 4.98 Å². The van der Waals surface area contributed by atoms with Gasteiger partial charge in [0.15, 0.2) is 0 Å². The van der Waals surface area contributed by atoms with Crippen molar-refractivity contribution in [3.8, 4) is 11.4 Å². The average molecular weight is 289 g/mol. The van der Waals surface area contributed by atoms with E-state index >= 15 is 0 Å². The number of rotatable bonds is 4. The van der Waals surface area contributed by atoms with E-state index in [1.54, 1.807) is 0 Å². The normalized spacial score (nSPS) is 19.1. The summed E-state index contributed by atoms with van der Waals surface area (Å²) in [5, 5.41) is 7.53. The molecule has 1 aliphatic rings. The number of hydrogen-bond acceptors (Lipinski definition) is 5. The molecule has 0 bridgehead atoms. The first kappa shape index (κ1) is 13.6. The number of piperidine rings is 1. The van der Waals surface area contributed by atoms with Crippen LogP contribution < -0.4 is 5.32 Å². The van der Waals surface area contributed by atoms with Crippen molar-refractivity contribution in [3.63, 3.8) is 0 Å². The third-order valence-corrected chi connectivity index (χ3v) is 4.37. The molecule has 3 rings (SSSR count). The van der Waals surface area contributed by atoms with E-state index in [4.69, 9.17) is 4.52 Å². The molecule has 0 aliphatic carbocycles. The first-order valence-corrected chi connectivity index (χ1v) is 8.15. The van der Waals surface area contributed by atoms with Gasteiger partial charge in [0, 0.05) is 10.5 Å². The van der Waals surface area contributed by atoms with Gasteiger partial charge in [-0.25, -0.2) is 0 Å². The van der Waals surface area contributed by atoms with Crippen molar-refractivity contribution < 1.29 is 4.52 Å². The molecule has 5 heteroatoms.